The van der Waals surface area contributed by atoms with Gasteiger partial charge in [-0.15, -0.1) is 5.10 Å². The van der Waals surface area contributed by atoms with Crippen molar-refractivity contribution in [1.82, 2.24) is 15.2 Å². The van der Waals surface area contributed by atoms with E-state index in [1.54, 1.807) is 12.1 Å². The second-order valence-electron chi connectivity index (χ2n) is 3.35. The molecule has 1 amide bonds. The molecule has 6 heteroatoms. The van der Waals surface area contributed by atoms with Gasteiger partial charge in [-0.1, -0.05) is 17.7 Å². The van der Waals surface area contributed by atoms with Crippen LogP contribution in [0.2, 0.25) is 0 Å². The van der Waals surface area contributed by atoms with Crippen LogP contribution in [0, 0.1) is 6.92 Å². The Hall–Kier alpha value is -2.37. The number of anilines is 1. The minimum Gasteiger partial charge on any atom is -0.319 e. The van der Waals surface area contributed by atoms with Crippen LogP contribution in [0.3, 0.4) is 0 Å². The number of aromatic nitrogens is 3. The molecule has 16 heavy (non-hydrogen) atoms. The van der Waals surface area contributed by atoms with E-state index in [1.807, 2.05) is 19.1 Å². The Labute approximate surface area is 90.7 Å². The third kappa shape index (κ3) is 2.17. The summed E-state index contributed by atoms with van der Waals surface area (Å²) in [7, 11) is 0. The van der Waals surface area contributed by atoms with Crippen LogP contribution in [0.15, 0.2) is 29.1 Å². The zero-order valence-corrected chi connectivity index (χ0v) is 8.57. The first-order chi connectivity index (χ1) is 7.65. The summed E-state index contributed by atoms with van der Waals surface area (Å²) in [6, 6.07) is 7.31. The van der Waals surface area contributed by atoms with Crippen LogP contribution in [0.5, 0.6) is 0 Å². The summed E-state index contributed by atoms with van der Waals surface area (Å²) in [5, 5.41) is 8.25. The average molecular weight is 218 g/mol. The van der Waals surface area contributed by atoms with Gasteiger partial charge >= 0.3 is 5.69 Å². The van der Waals surface area contributed by atoms with E-state index in [2.05, 4.69) is 20.5 Å². The molecule has 3 N–H and O–H groups in total. The number of carbonyl (C=O) groups is 1. The van der Waals surface area contributed by atoms with Crippen LogP contribution >= 0.6 is 0 Å². The van der Waals surface area contributed by atoms with E-state index >= 15 is 0 Å². The third-order valence-corrected chi connectivity index (χ3v) is 2.03. The number of nitrogens with zero attached hydrogens (tertiary/aromatic N) is 1. The van der Waals surface area contributed by atoms with E-state index < -0.39 is 11.6 Å². The van der Waals surface area contributed by atoms with Crippen LogP contribution in [0.25, 0.3) is 0 Å². The topological polar surface area (TPSA) is 90.6 Å². The molecule has 0 aliphatic carbocycles. The van der Waals surface area contributed by atoms with Crippen molar-refractivity contribution < 1.29 is 4.79 Å². The molecule has 0 atom stereocenters. The molecular weight excluding hydrogens is 208 g/mol. The fourth-order valence-corrected chi connectivity index (χ4v) is 1.20. The van der Waals surface area contributed by atoms with Gasteiger partial charge in [0.05, 0.1) is 0 Å². The van der Waals surface area contributed by atoms with E-state index in [4.69, 9.17) is 0 Å². The lowest BCUT2D eigenvalue weighted by atomic mass is 10.2. The molecule has 0 radical (unpaired) electrons. The number of amides is 1. The smallest absolute Gasteiger partial charge is 0.319 e. The molecule has 1 heterocycles. The third-order valence-electron chi connectivity index (χ3n) is 2.03. The highest BCUT2D eigenvalue weighted by atomic mass is 16.2. The molecule has 2 aromatic rings. The van der Waals surface area contributed by atoms with Gasteiger partial charge in [-0.05, 0) is 19.1 Å². The standard InChI is InChI=1S/C10H10N4O2/c1-6-2-4-7(5-3-6)11-9(15)8-12-10(16)14-13-8/h2-5H,1H3,(H,11,15)(H2,12,13,14,16). The molecule has 2 rings (SSSR count). The zero-order chi connectivity index (χ0) is 11.5. The van der Waals surface area contributed by atoms with Crippen LogP contribution in [0.4, 0.5) is 5.69 Å². The molecule has 1 aromatic heterocycles. The second-order valence-corrected chi connectivity index (χ2v) is 3.35. The van der Waals surface area contributed by atoms with Crippen molar-refractivity contribution in [1.29, 1.82) is 0 Å². The van der Waals surface area contributed by atoms with Crippen molar-refractivity contribution in [2.75, 3.05) is 5.32 Å². The highest BCUT2D eigenvalue weighted by Gasteiger charge is 2.09. The molecule has 0 aliphatic rings. The number of nitrogens with one attached hydrogen (secondary N) is 3. The summed E-state index contributed by atoms with van der Waals surface area (Å²) in [5.41, 5.74) is 1.25. The second kappa shape index (κ2) is 4.01. The Morgan fingerprint density at radius 1 is 1.31 bits per heavy atom. The van der Waals surface area contributed by atoms with Gasteiger partial charge in [0.25, 0.3) is 5.91 Å². The SMILES string of the molecule is Cc1ccc(NC(=O)c2n[nH]c(=O)[nH]2)cc1. The van der Waals surface area contributed by atoms with E-state index in [1.165, 1.54) is 0 Å². The first-order valence-electron chi connectivity index (χ1n) is 4.68. The predicted molar refractivity (Wildman–Crippen MR) is 58.3 cm³/mol. The number of carbonyl (C=O) groups excluding carboxylic acids is 1. The quantitative estimate of drug-likeness (QED) is 0.691. The number of aromatic amines is 2. The lowest BCUT2D eigenvalue weighted by molar-refractivity contribution is 0.101. The molecule has 6 nitrogen and oxygen atoms in total. The molecule has 0 spiro atoms. The van der Waals surface area contributed by atoms with E-state index in [0.717, 1.165) is 5.56 Å². The molecule has 0 aliphatic heterocycles. The fourth-order valence-electron chi connectivity index (χ4n) is 1.20. The van der Waals surface area contributed by atoms with Crippen molar-refractivity contribution in [3.63, 3.8) is 0 Å². The van der Waals surface area contributed by atoms with Crippen molar-refractivity contribution in [3.8, 4) is 0 Å². The van der Waals surface area contributed by atoms with Gasteiger partial charge in [-0.25, -0.2) is 9.89 Å². The number of hydrogen-bond acceptors (Lipinski definition) is 3. The van der Waals surface area contributed by atoms with Gasteiger partial charge in [0.15, 0.2) is 0 Å². The maximum Gasteiger partial charge on any atom is 0.341 e. The van der Waals surface area contributed by atoms with Gasteiger partial charge in [-0.2, -0.15) is 0 Å². The maximum atomic E-state index is 11.5. The lowest BCUT2D eigenvalue weighted by Crippen LogP contribution is -2.14. The minimum absolute atomic E-state index is 0.0365. The number of hydrogen-bond donors (Lipinski definition) is 3. The van der Waals surface area contributed by atoms with Crippen LogP contribution in [-0.2, 0) is 0 Å². The first kappa shape index (κ1) is 10.2. The molecule has 0 bridgehead atoms. The van der Waals surface area contributed by atoms with Gasteiger partial charge in [0, 0.05) is 5.69 Å². The van der Waals surface area contributed by atoms with Crippen LogP contribution in [-0.4, -0.2) is 21.1 Å². The summed E-state index contributed by atoms with van der Waals surface area (Å²) in [6.07, 6.45) is 0. The van der Waals surface area contributed by atoms with Gasteiger partial charge < -0.3 is 5.32 Å². The van der Waals surface area contributed by atoms with Gasteiger partial charge in [0.1, 0.15) is 0 Å². The Kier molecular flexibility index (Phi) is 2.55. The molecule has 0 saturated heterocycles. The summed E-state index contributed by atoms with van der Waals surface area (Å²) in [5.74, 6) is -0.493. The van der Waals surface area contributed by atoms with Gasteiger partial charge in [0.2, 0.25) is 5.82 Å². The van der Waals surface area contributed by atoms with Crippen LogP contribution < -0.4 is 11.0 Å². The predicted octanol–water partition coefficient (Wildman–Crippen LogP) is 0.659. The van der Waals surface area contributed by atoms with E-state index in [-0.39, 0.29) is 5.82 Å². The molecule has 0 unspecified atom stereocenters. The van der Waals surface area contributed by atoms with E-state index in [0.29, 0.717) is 5.69 Å². The number of H-pyrrole nitrogens is 2. The number of benzene rings is 1. The fraction of sp³-hybridized carbons (Fsp3) is 0.100. The van der Waals surface area contributed by atoms with Crippen molar-refractivity contribution in [2.24, 2.45) is 0 Å². The first-order valence-corrected chi connectivity index (χ1v) is 4.68. The summed E-state index contributed by atoms with van der Waals surface area (Å²) in [4.78, 5) is 24.6. The highest BCUT2D eigenvalue weighted by Crippen LogP contribution is 2.08. The maximum absolute atomic E-state index is 11.5. The number of rotatable bonds is 2. The summed E-state index contributed by atoms with van der Waals surface area (Å²) in [6.45, 7) is 1.96. The Bertz CT molecular complexity index is 553. The molecule has 0 saturated carbocycles. The summed E-state index contributed by atoms with van der Waals surface area (Å²) >= 11 is 0. The van der Waals surface area contributed by atoms with Crippen molar-refractivity contribution >= 4 is 11.6 Å². The highest BCUT2D eigenvalue weighted by molar-refractivity contribution is 6.01. The Morgan fingerprint density at radius 2 is 2.00 bits per heavy atom. The van der Waals surface area contributed by atoms with Gasteiger partial charge in [-0.3, -0.25) is 9.78 Å². The molecule has 1 aromatic carbocycles. The Morgan fingerprint density at radius 3 is 2.56 bits per heavy atom. The van der Waals surface area contributed by atoms with Crippen molar-refractivity contribution in [3.05, 3.63) is 46.1 Å². The molecular formula is C10H10N4O2. The average Bonchev–Trinajstić information content (AvgIpc) is 2.68. The largest absolute Gasteiger partial charge is 0.341 e. The molecule has 82 valence electrons. The molecule has 0 fully saturated rings. The lowest BCUT2D eigenvalue weighted by Gasteiger charge is -2.02. The van der Waals surface area contributed by atoms with E-state index in [9.17, 15) is 9.59 Å². The summed E-state index contributed by atoms with van der Waals surface area (Å²) < 4.78 is 0. The van der Waals surface area contributed by atoms with Crippen molar-refractivity contribution in [2.45, 2.75) is 6.92 Å². The normalized spacial score (nSPS) is 10.1. The number of aryl methyl sites for hydroxylation is 1. The van der Waals surface area contributed by atoms with Crippen LogP contribution in [0.1, 0.15) is 16.2 Å². The zero-order valence-electron chi connectivity index (χ0n) is 8.57. The Balaban J connectivity index is 2.13. The minimum atomic E-state index is -0.506. The monoisotopic (exact) mass is 218 g/mol.